The summed E-state index contributed by atoms with van der Waals surface area (Å²) in [6, 6.07) is 15.1. The first kappa shape index (κ1) is 19.7. The molecule has 2 aromatic carbocycles. The van der Waals surface area contributed by atoms with Crippen molar-refractivity contribution in [3.8, 4) is 11.5 Å². The molecule has 0 N–H and O–H groups in total. The predicted molar refractivity (Wildman–Crippen MR) is 105 cm³/mol. The van der Waals surface area contributed by atoms with Crippen LogP contribution in [0.5, 0.6) is 11.5 Å². The van der Waals surface area contributed by atoms with Gasteiger partial charge in [-0.2, -0.15) is 4.31 Å². The standard InChI is InChI=1S/C20H26N2O4S/c1-25-18-9-10-19(26-2)20(15-18)27(23,24)22-12-6-11-21(13-14-22)16-17-7-4-3-5-8-17/h3-5,7-10,15H,6,11-14,16H2,1-2H3. The van der Waals surface area contributed by atoms with Gasteiger partial charge >= 0.3 is 0 Å². The second-order valence-corrected chi connectivity index (χ2v) is 8.44. The molecule has 3 rings (SSSR count). The van der Waals surface area contributed by atoms with Crippen molar-refractivity contribution in [2.24, 2.45) is 0 Å². The Bertz CT molecular complexity index is 856. The van der Waals surface area contributed by atoms with Crippen LogP contribution in [0.1, 0.15) is 12.0 Å². The first-order valence-electron chi connectivity index (χ1n) is 9.03. The van der Waals surface area contributed by atoms with Crippen LogP contribution in [-0.4, -0.2) is 58.0 Å². The number of nitrogens with zero attached hydrogens (tertiary/aromatic N) is 2. The van der Waals surface area contributed by atoms with Crippen molar-refractivity contribution in [3.63, 3.8) is 0 Å². The van der Waals surface area contributed by atoms with Crippen molar-refractivity contribution < 1.29 is 17.9 Å². The Morgan fingerprint density at radius 2 is 1.70 bits per heavy atom. The lowest BCUT2D eigenvalue weighted by Crippen LogP contribution is -2.35. The fourth-order valence-corrected chi connectivity index (χ4v) is 4.95. The second kappa shape index (κ2) is 8.73. The Labute approximate surface area is 161 Å². The van der Waals surface area contributed by atoms with Crippen molar-refractivity contribution in [2.45, 2.75) is 17.9 Å². The monoisotopic (exact) mass is 390 g/mol. The van der Waals surface area contributed by atoms with Crippen LogP contribution in [0.4, 0.5) is 0 Å². The van der Waals surface area contributed by atoms with Crippen molar-refractivity contribution in [1.82, 2.24) is 9.21 Å². The highest BCUT2D eigenvalue weighted by atomic mass is 32.2. The van der Waals surface area contributed by atoms with Crippen LogP contribution in [0.15, 0.2) is 53.4 Å². The molecular formula is C20H26N2O4S. The quantitative estimate of drug-likeness (QED) is 0.759. The van der Waals surface area contributed by atoms with Gasteiger partial charge in [0.2, 0.25) is 10.0 Å². The van der Waals surface area contributed by atoms with Crippen LogP contribution >= 0.6 is 0 Å². The molecule has 1 saturated heterocycles. The lowest BCUT2D eigenvalue weighted by molar-refractivity contribution is 0.278. The first-order chi connectivity index (χ1) is 13.0. The Hall–Kier alpha value is -2.09. The minimum absolute atomic E-state index is 0.154. The number of ether oxygens (including phenoxy) is 2. The highest BCUT2D eigenvalue weighted by molar-refractivity contribution is 7.89. The number of hydrogen-bond acceptors (Lipinski definition) is 5. The Balaban J connectivity index is 1.76. The van der Waals surface area contributed by atoms with Gasteiger partial charge in [0.15, 0.2) is 0 Å². The number of rotatable bonds is 6. The van der Waals surface area contributed by atoms with Crippen molar-refractivity contribution in [1.29, 1.82) is 0 Å². The summed E-state index contributed by atoms with van der Waals surface area (Å²) in [5.41, 5.74) is 1.24. The molecule has 1 heterocycles. The number of benzene rings is 2. The van der Waals surface area contributed by atoms with E-state index in [9.17, 15) is 8.42 Å². The van der Waals surface area contributed by atoms with E-state index in [4.69, 9.17) is 9.47 Å². The summed E-state index contributed by atoms with van der Waals surface area (Å²) in [4.78, 5) is 2.45. The summed E-state index contributed by atoms with van der Waals surface area (Å²) in [5, 5.41) is 0. The average molecular weight is 391 g/mol. The molecule has 0 saturated carbocycles. The fourth-order valence-electron chi connectivity index (χ4n) is 3.31. The number of hydrogen-bond donors (Lipinski definition) is 0. The minimum Gasteiger partial charge on any atom is -0.497 e. The fraction of sp³-hybridized carbons (Fsp3) is 0.400. The highest BCUT2D eigenvalue weighted by Crippen LogP contribution is 2.31. The van der Waals surface area contributed by atoms with E-state index in [0.717, 1.165) is 19.5 Å². The smallest absolute Gasteiger partial charge is 0.246 e. The van der Waals surface area contributed by atoms with E-state index < -0.39 is 10.0 Å². The van der Waals surface area contributed by atoms with E-state index in [1.807, 2.05) is 18.2 Å². The molecule has 0 aliphatic carbocycles. The lowest BCUT2D eigenvalue weighted by atomic mass is 10.2. The second-order valence-electron chi connectivity index (χ2n) is 6.54. The Morgan fingerprint density at radius 1 is 0.926 bits per heavy atom. The Morgan fingerprint density at radius 3 is 2.41 bits per heavy atom. The molecule has 27 heavy (non-hydrogen) atoms. The first-order valence-corrected chi connectivity index (χ1v) is 10.5. The van der Waals surface area contributed by atoms with Crippen molar-refractivity contribution in [2.75, 3.05) is 40.4 Å². The van der Waals surface area contributed by atoms with Gasteiger partial charge in [-0.3, -0.25) is 4.90 Å². The normalized spacial score (nSPS) is 16.7. The van der Waals surface area contributed by atoms with Gasteiger partial charge in [0.25, 0.3) is 0 Å². The average Bonchev–Trinajstić information content (AvgIpc) is 2.94. The molecule has 1 aliphatic heterocycles. The summed E-state index contributed by atoms with van der Waals surface area (Å²) in [6.07, 6.45) is 0.790. The summed E-state index contributed by atoms with van der Waals surface area (Å²) in [5.74, 6) is 0.830. The maximum absolute atomic E-state index is 13.2. The molecule has 0 aromatic heterocycles. The summed E-state index contributed by atoms with van der Waals surface area (Å²) in [7, 11) is -0.659. The minimum atomic E-state index is -3.66. The number of methoxy groups -OCH3 is 2. The number of sulfonamides is 1. The van der Waals surface area contributed by atoms with Gasteiger partial charge in [0.05, 0.1) is 14.2 Å². The molecule has 1 fully saturated rings. The van der Waals surface area contributed by atoms with Crippen LogP contribution in [0, 0.1) is 0 Å². The van der Waals surface area contributed by atoms with Gasteiger partial charge in [-0.05, 0) is 30.7 Å². The molecule has 6 nitrogen and oxygen atoms in total. The molecule has 146 valence electrons. The molecule has 0 unspecified atom stereocenters. The van der Waals surface area contributed by atoms with E-state index in [1.54, 1.807) is 16.4 Å². The van der Waals surface area contributed by atoms with Crippen LogP contribution in [-0.2, 0) is 16.6 Å². The third kappa shape index (κ3) is 4.61. The lowest BCUT2D eigenvalue weighted by Gasteiger charge is -2.23. The largest absolute Gasteiger partial charge is 0.497 e. The van der Waals surface area contributed by atoms with E-state index >= 15 is 0 Å². The zero-order chi connectivity index (χ0) is 19.3. The molecule has 2 aromatic rings. The third-order valence-corrected chi connectivity index (χ3v) is 6.70. The predicted octanol–water partition coefficient (Wildman–Crippen LogP) is 2.60. The van der Waals surface area contributed by atoms with Crippen LogP contribution in [0.25, 0.3) is 0 Å². The summed E-state index contributed by atoms with van der Waals surface area (Å²) in [6.45, 7) is 3.34. The topological polar surface area (TPSA) is 59.1 Å². The van der Waals surface area contributed by atoms with E-state index in [1.165, 1.54) is 25.8 Å². The van der Waals surface area contributed by atoms with E-state index in [2.05, 4.69) is 17.0 Å². The summed E-state index contributed by atoms with van der Waals surface area (Å²) < 4.78 is 38.5. The molecule has 0 spiro atoms. The molecule has 1 aliphatic rings. The van der Waals surface area contributed by atoms with Gasteiger partial charge in [0, 0.05) is 32.2 Å². The van der Waals surface area contributed by atoms with E-state index in [0.29, 0.717) is 31.1 Å². The maximum atomic E-state index is 13.2. The Kier molecular flexibility index (Phi) is 6.36. The van der Waals surface area contributed by atoms with Gasteiger partial charge < -0.3 is 9.47 Å². The highest BCUT2D eigenvalue weighted by Gasteiger charge is 2.30. The van der Waals surface area contributed by atoms with Gasteiger partial charge in [-0.1, -0.05) is 30.3 Å². The van der Waals surface area contributed by atoms with Crippen LogP contribution in [0.3, 0.4) is 0 Å². The van der Waals surface area contributed by atoms with Gasteiger partial charge in [-0.25, -0.2) is 8.42 Å². The molecule has 0 radical (unpaired) electrons. The maximum Gasteiger partial charge on any atom is 0.246 e. The molecule has 7 heteroatoms. The molecule has 0 amide bonds. The molecule has 0 atom stereocenters. The molecular weight excluding hydrogens is 364 g/mol. The summed E-state index contributed by atoms with van der Waals surface area (Å²) >= 11 is 0. The van der Waals surface area contributed by atoms with E-state index in [-0.39, 0.29) is 4.90 Å². The van der Waals surface area contributed by atoms with Gasteiger partial charge in [0.1, 0.15) is 16.4 Å². The van der Waals surface area contributed by atoms with Gasteiger partial charge in [-0.15, -0.1) is 0 Å². The molecule has 0 bridgehead atoms. The van der Waals surface area contributed by atoms with Crippen molar-refractivity contribution >= 4 is 10.0 Å². The SMILES string of the molecule is COc1ccc(OC)c(S(=O)(=O)N2CCCN(Cc3ccccc3)CC2)c1. The van der Waals surface area contributed by atoms with Crippen LogP contribution in [0.2, 0.25) is 0 Å². The zero-order valence-electron chi connectivity index (χ0n) is 15.8. The third-order valence-electron chi connectivity index (χ3n) is 4.79. The van der Waals surface area contributed by atoms with Crippen LogP contribution < -0.4 is 9.47 Å². The van der Waals surface area contributed by atoms with Crippen molar-refractivity contribution in [3.05, 3.63) is 54.1 Å². The zero-order valence-corrected chi connectivity index (χ0v) is 16.6.